The van der Waals surface area contributed by atoms with Crippen molar-refractivity contribution < 1.29 is 14.6 Å². The average molecular weight is 379 g/mol. The molecule has 3 rings (SSSR count). The third-order valence-corrected chi connectivity index (χ3v) is 8.28. The Morgan fingerprint density at radius 2 is 1.81 bits per heavy atom. The summed E-state index contributed by atoms with van der Waals surface area (Å²) in [5.74, 6) is 4.61. The Morgan fingerprint density at radius 3 is 2.48 bits per heavy atom. The van der Waals surface area contributed by atoms with Crippen LogP contribution in [-0.2, 0) is 9.53 Å². The van der Waals surface area contributed by atoms with Crippen LogP contribution >= 0.6 is 0 Å². The van der Waals surface area contributed by atoms with Gasteiger partial charge in [0.25, 0.3) is 0 Å². The molecule has 3 fully saturated rings. The van der Waals surface area contributed by atoms with Crippen LogP contribution in [0, 0.1) is 35.5 Å². The van der Waals surface area contributed by atoms with Gasteiger partial charge in [0.2, 0.25) is 0 Å². The Kier molecular flexibility index (Phi) is 7.41. The smallest absolute Gasteiger partial charge is 0.132 e. The second-order valence-corrected chi connectivity index (χ2v) is 9.96. The van der Waals surface area contributed by atoms with Gasteiger partial charge in [-0.2, -0.15) is 0 Å². The molecule has 7 atom stereocenters. The fourth-order valence-electron chi connectivity index (χ4n) is 6.88. The largest absolute Gasteiger partial charge is 0.387 e. The van der Waals surface area contributed by atoms with Crippen molar-refractivity contribution in [1.29, 1.82) is 0 Å². The van der Waals surface area contributed by atoms with Crippen molar-refractivity contribution in [3.8, 4) is 0 Å². The molecule has 156 valence electrons. The van der Waals surface area contributed by atoms with Crippen molar-refractivity contribution in [3.05, 3.63) is 0 Å². The number of aliphatic hydroxyl groups is 1. The predicted molar refractivity (Wildman–Crippen MR) is 110 cm³/mol. The maximum atomic E-state index is 11.9. The highest BCUT2D eigenvalue weighted by Crippen LogP contribution is 2.54. The Balaban J connectivity index is 1.68. The average Bonchev–Trinajstić information content (AvgIpc) is 3.14. The molecule has 0 bridgehead atoms. The summed E-state index contributed by atoms with van der Waals surface area (Å²) in [4.78, 5) is 11.9. The molecule has 3 aliphatic rings. The molecule has 0 heterocycles. The molecule has 0 aromatic carbocycles. The van der Waals surface area contributed by atoms with Crippen molar-refractivity contribution in [3.63, 3.8) is 0 Å². The molecule has 3 heteroatoms. The van der Waals surface area contributed by atoms with Gasteiger partial charge in [0, 0.05) is 12.5 Å². The standard InChI is InChI=1S/C24H42O3/c1-4-6-7-23-21(19-9-8-18(14-19)17(3)25)11-10-20-15-24(26,16-27-5-2)13-12-22(20)23/h18-23,26H,4-16H2,1-3H3/t18-,19+,20+,21-,22-,23-,24+/m0/s1. The van der Waals surface area contributed by atoms with E-state index in [1.54, 1.807) is 6.92 Å². The normalized spacial score (nSPS) is 42.1. The van der Waals surface area contributed by atoms with E-state index in [0.717, 1.165) is 49.4 Å². The van der Waals surface area contributed by atoms with Gasteiger partial charge >= 0.3 is 0 Å². The number of hydrogen-bond donors (Lipinski definition) is 1. The van der Waals surface area contributed by atoms with Crippen LogP contribution in [0.4, 0.5) is 0 Å². The van der Waals surface area contributed by atoms with Crippen LogP contribution in [0.15, 0.2) is 0 Å². The first-order valence-corrected chi connectivity index (χ1v) is 11.8. The van der Waals surface area contributed by atoms with Crippen LogP contribution in [0.1, 0.15) is 91.4 Å². The van der Waals surface area contributed by atoms with E-state index in [-0.39, 0.29) is 0 Å². The van der Waals surface area contributed by atoms with E-state index >= 15 is 0 Å². The minimum absolute atomic E-state index is 0.335. The number of rotatable bonds is 8. The molecule has 27 heavy (non-hydrogen) atoms. The van der Waals surface area contributed by atoms with Gasteiger partial charge in [-0.1, -0.05) is 19.8 Å². The van der Waals surface area contributed by atoms with Gasteiger partial charge in [0.05, 0.1) is 12.2 Å². The van der Waals surface area contributed by atoms with E-state index in [0.29, 0.717) is 30.8 Å². The number of unbranched alkanes of at least 4 members (excludes halogenated alkanes) is 1. The van der Waals surface area contributed by atoms with Crippen LogP contribution in [0.5, 0.6) is 0 Å². The quantitative estimate of drug-likeness (QED) is 0.616. The van der Waals surface area contributed by atoms with Gasteiger partial charge in [-0.25, -0.2) is 0 Å². The lowest BCUT2D eigenvalue weighted by Crippen LogP contribution is -2.48. The molecule has 1 N–H and O–H groups in total. The van der Waals surface area contributed by atoms with Gasteiger partial charge in [0.15, 0.2) is 0 Å². The summed E-state index contributed by atoms with van der Waals surface area (Å²) in [6.07, 6.45) is 13.1. The first kappa shape index (κ1) is 21.3. The summed E-state index contributed by atoms with van der Waals surface area (Å²) in [5, 5.41) is 11.0. The van der Waals surface area contributed by atoms with E-state index in [1.807, 2.05) is 6.92 Å². The lowest BCUT2D eigenvalue weighted by atomic mass is 9.55. The van der Waals surface area contributed by atoms with E-state index in [2.05, 4.69) is 6.92 Å². The zero-order chi connectivity index (χ0) is 19.4. The topological polar surface area (TPSA) is 46.5 Å². The third kappa shape index (κ3) is 4.96. The van der Waals surface area contributed by atoms with Crippen molar-refractivity contribution in [2.45, 2.75) is 97.0 Å². The number of Topliss-reactive ketones (excluding diaryl/α,β-unsaturated/α-hetero) is 1. The molecule has 0 saturated heterocycles. The van der Waals surface area contributed by atoms with Gasteiger partial charge in [-0.3, -0.25) is 4.79 Å². The molecule has 0 unspecified atom stereocenters. The van der Waals surface area contributed by atoms with Crippen LogP contribution in [0.25, 0.3) is 0 Å². The fourth-order valence-corrected chi connectivity index (χ4v) is 6.88. The van der Waals surface area contributed by atoms with Crippen LogP contribution in [-0.4, -0.2) is 29.7 Å². The van der Waals surface area contributed by atoms with Crippen molar-refractivity contribution in [2.75, 3.05) is 13.2 Å². The SMILES string of the molecule is CCCC[C@H]1[C@H]([C@@H]2CC[C@H](C(C)=O)C2)CC[C@@H]2C[C@@](O)(COCC)CC[C@@H]21. The van der Waals surface area contributed by atoms with Gasteiger partial charge in [0.1, 0.15) is 5.78 Å². The predicted octanol–water partition coefficient (Wildman–Crippen LogP) is 5.39. The van der Waals surface area contributed by atoms with E-state index in [9.17, 15) is 9.90 Å². The van der Waals surface area contributed by atoms with Gasteiger partial charge < -0.3 is 9.84 Å². The zero-order valence-corrected chi connectivity index (χ0v) is 17.9. The highest BCUT2D eigenvalue weighted by atomic mass is 16.5. The molecule has 3 saturated carbocycles. The summed E-state index contributed by atoms with van der Waals surface area (Å²) in [7, 11) is 0. The highest BCUT2D eigenvalue weighted by molar-refractivity contribution is 5.78. The number of carbonyl (C=O) groups excluding carboxylic acids is 1. The molecular formula is C24H42O3. The number of ether oxygens (including phenoxy) is 1. The third-order valence-electron chi connectivity index (χ3n) is 8.28. The zero-order valence-electron chi connectivity index (χ0n) is 17.9. The molecule has 0 aliphatic heterocycles. The molecular weight excluding hydrogens is 336 g/mol. The molecule has 0 radical (unpaired) electrons. The lowest BCUT2D eigenvalue weighted by molar-refractivity contribution is -0.121. The van der Waals surface area contributed by atoms with E-state index < -0.39 is 5.60 Å². The molecule has 3 nitrogen and oxygen atoms in total. The van der Waals surface area contributed by atoms with Crippen molar-refractivity contribution in [1.82, 2.24) is 0 Å². The number of carbonyl (C=O) groups is 1. The first-order chi connectivity index (χ1) is 13.0. The van der Waals surface area contributed by atoms with Gasteiger partial charge in [-0.05, 0) is 101 Å². The monoisotopic (exact) mass is 378 g/mol. The van der Waals surface area contributed by atoms with Crippen molar-refractivity contribution >= 4 is 5.78 Å². The van der Waals surface area contributed by atoms with Crippen LogP contribution < -0.4 is 0 Å². The fraction of sp³-hybridized carbons (Fsp3) is 0.958. The number of hydrogen-bond acceptors (Lipinski definition) is 3. The summed E-state index contributed by atoms with van der Waals surface area (Å²) >= 11 is 0. The molecule has 0 aromatic heterocycles. The molecule has 3 aliphatic carbocycles. The molecule has 0 amide bonds. The molecule has 0 spiro atoms. The van der Waals surface area contributed by atoms with E-state index in [4.69, 9.17) is 4.74 Å². The summed E-state index contributed by atoms with van der Waals surface area (Å²) in [6, 6.07) is 0. The Labute approximate surface area is 166 Å². The first-order valence-electron chi connectivity index (χ1n) is 11.8. The maximum absolute atomic E-state index is 11.9. The minimum atomic E-state index is -0.591. The Bertz CT molecular complexity index is 490. The second-order valence-electron chi connectivity index (χ2n) is 9.96. The minimum Gasteiger partial charge on any atom is -0.387 e. The van der Waals surface area contributed by atoms with E-state index in [1.165, 1.54) is 44.9 Å². The Morgan fingerprint density at radius 1 is 1.07 bits per heavy atom. The van der Waals surface area contributed by atoms with Crippen molar-refractivity contribution in [2.24, 2.45) is 35.5 Å². The highest BCUT2D eigenvalue weighted by Gasteiger charge is 2.48. The number of ketones is 1. The van der Waals surface area contributed by atoms with Gasteiger partial charge in [-0.15, -0.1) is 0 Å². The summed E-state index contributed by atoms with van der Waals surface area (Å²) in [6.45, 7) is 7.31. The van der Waals surface area contributed by atoms with Crippen LogP contribution in [0.2, 0.25) is 0 Å². The lowest BCUT2D eigenvalue weighted by Gasteiger charge is -2.51. The maximum Gasteiger partial charge on any atom is 0.132 e. The Hall–Kier alpha value is -0.410. The molecule has 0 aromatic rings. The second kappa shape index (κ2) is 9.39. The summed E-state index contributed by atoms with van der Waals surface area (Å²) < 4.78 is 5.60. The summed E-state index contributed by atoms with van der Waals surface area (Å²) in [5.41, 5.74) is -0.591. The number of fused-ring (bicyclic) bond motifs is 1. The van der Waals surface area contributed by atoms with Crippen LogP contribution in [0.3, 0.4) is 0 Å².